The van der Waals surface area contributed by atoms with Crippen molar-refractivity contribution in [2.24, 2.45) is 5.92 Å². The second-order valence-corrected chi connectivity index (χ2v) is 16.7. The molecule has 0 radical (unpaired) electrons. The van der Waals surface area contributed by atoms with E-state index in [4.69, 9.17) is 5.11 Å². The Morgan fingerprint density at radius 2 is 1.59 bits per heavy atom. The number of hydrogen-bond acceptors (Lipinski definition) is 7. The molecule has 8 heteroatoms. The van der Waals surface area contributed by atoms with Gasteiger partial charge in [-0.05, 0) is 85.8 Å². The Hall–Kier alpha value is -3.57. The molecule has 0 saturated carbocycles. The largest absolute Gasteiger partial charge is 0.481 e. The summed E-state index contributed by atoms with van der Waals surface area (Å²) < 4.78 is 0. The number of benzene rings is 1. The minimum absolute atomic E-state index is 0.0186. The number of nitrogens with one attached hydrogen (secondary N) is 2. The minimum atomic E-state index is -0.855. The molecule has 0 aliphatic heterocycles. The summed E-state index contributed by atoms with van der Waals surface area (Å²) in [5, 5.41) is 26.7. The maximum absolute atomic E-state index is 12.2. The fourth-order valence-corrected chi connectivity index (χ4v) is 8.59. The molecule has 1 aromatic carbocycles. The number of hydrogen-bond donors (Lipinski definition) is 3. The van der Waals surface area contributed by atoms with E-state index in [1.54, 1.807) is 17.8 Å². The lowest BCUT2D eigenvalue weighted by atomic mass is 9.62. The predicted octanol–water partition coefficient (Wildman–Crippen LogP) is 12.8. The van der Waals surface area contributed by atoms with E-state index in [0.717, 1.165) is 73.1 Å². The van der Waals surface area contributed by atoms with E-state index in [1.165, 1.54) is 89.9 Å². The molecule has 1 aliphatic rings. The summed E-state index contributed by atoms with van der Waals surface area (Å²) in [4.78, 5) is 34.5. The monoisotopic (exact) mass is 788 g/mol. The number of nitriles is 1. The Morgan fingerprint density at radius 3 is 2.14 bits per heavy atom. The van der Waals surface area contributed by atoms with Crippen LogP contribution in [-0.4, -0.2) is 42.5 Å². The number of carboxylic acid groups (broad SMARTS) is 1. The number of thioether (sulfide) groups is 1. The Morgan fingerprint density at radius 1 is 0.929 bits per heavy atom. The van der Waals surface area contributed by atoms with E-state index in [1.807, 2.05) is 31.2 Å². The molecule has 0 fully saturated rings. The number of carbonyl (C=O) groups excluding carboxylic acids is 2. The Kier molecular flexibility index (Phi) is 27.3. The molecule has 0 spiro atoms. The topological polar surface area (TPSA) is 119 Å². The molecule has 1 aliphatic carbocycles. The van der Waals surface area contributed by atoms with E-state index in [-0.39, 0.29) is 17.8 Å². The first-order valence-corrected chi connectivity index (χ1v) is 22.9. The van der Waals surface area contributed by atoms with Crippen molar-refractivity contribution in [2.75, 3.05) is 24.2 Å². The lowest BCUT2D eigenvalue weighted by Crippen LogP contribution is -2.36. The van der Waals surface area contributed by atoms with Gasteiger partial charge in [0.25, 0.3) is 0 Å². The van der Waals surface area contributed by atoms with Crippen molar-refractivity contribution in [1.29, 1.82) is 5.26 Å². The third-order valence-electron chi connectivity index (χ3n) is 11.0. The van der Waals surface area contributed by atoms with Gasteiger partial charge in [-0.1, -0.05) is 135 Å². The highest BCUT2D eigenvalue weighted by molar-refractivity contribution is 8.02. The van der Waals surface area contributed by atoms with Gasteiger partial charge in [0.15, 0.2) is 0 Å². The van der Waals surface area contributed by atoms with Crippen LogP contribution in [0, 0.1) is 17.2 Å². The van der Waals surface area contributed by atoms with Gasteiger partial charge in [-0.15, -0.1) is 11.8 Å². The van der Waals surface area contributed by atoms with Crippen LogP contribution in [0.2, 0.25) is 0 Å². The molecule has 0 amide bonds. The number of aldehydes is 2. The van der Waals surface area contributed by atoms with Crippen molar-refractivity contribution in [1.82, 2.24) is 5.32 Å². The van der Waals surface area contributed by atoms with Crippen LogP contribution in [0.5, 0.6) is 0 Å². The molecule has 310 valence electrons. The first-order valence-electron chi connectivity index (χ1n) is 21.9. The minimum Gasteiger partial charge on any atom is -0.481 e. The number of allylic oxidation sites excluding steroid dienone is 7. The summed E-state index contributed by atoms with van der Waals surface area (Å²) in [6.45, 7) is 5.15. The van der Waals surface area contributed by atoms with E-state index in [2.05, 4.69) is 47.9 Å². The SMILES string of the molecule is CCCCCCCCCCCCCCCCCCC(C/C=C/C(C#N)=C/C=C(/NCCC(=O)O)SCC)(c1cc(C=O)ccc1NCCC=O)C1C=CCCC1. The molecule has 2 atom stereocenters. The van der Waals surface area contributed by atoms with Crippen LogP contribution in [0.25, 0.3) is 0 Å². The average molecular weight is 788 g/mol. The molecule has 0 bridgehead atoms. The number of anilines is 1. The molecular weight excluding hydrogens is 715 g/mol. The lowest BCUT2D eigenvalue weighted by Gasteiger charge is -2.43. The summed E-state index contributed by atoms with van der Waals surface area (Å²) in [5.41, 5.74) is 2.92. The molecule has 1 aromatic rings. The van der Waals surface area contributed by atoms with E-state index < -0.39 is 5.97 Å². The quantitative estimate of drug-likeness (QED) is 0.0208. The van der Waals surface area contributed by atoms with E-state index in [0.29, 0.717) is 37.1 Å². The van der Waals surface area contributed by atoms with Gasteiger partial charge in [-0.25, -0.2) is 0 Å². The number of carbonyl (C=O) groups is 3. The normalized spacial score (nSPS) is 15.7. The van der Waals surface area contributed by atoms with Gasteiger partial charge < -0.3 is 20.5 Å². The van der Waals surface area contributed by atoms with Crippen LogP contribution in [0.3, 0.4) is 0 Å². The second kappa shape index (κ2) is 31.5. The van der Waals surface area contributed by atoms with Crippen LogP contribution in [0.1, 0.15) is 177 Å². The van der Waals surface area contributed by atoms with Crippen LogP contribution < -0.4 is 10.6 Å². The number of unbranched alkanes of at least 4 members (excludes halogenated alkanes) is 15. The van der Waals surface area contributed by atoms with E-state index >= 15 is 0 Å². The maximum atomic E-state index is 12.2. The zero-order valence-electron chi connectivity index (χ0n) is 34.8. The average Bonchev–Trinajstić information content (AvgIpc) is 3.21. The van der Waals surface area contributed by atoms with Gasteiger partial charge >= 0.3 is 5.97 Å². The van der Waals surface area contributed by atoms with Gasteiger partial charge in [0.05, 0.1) is 23.1 Å². The third-order valence-corrected chi connectivity index (χ3v) is 11.9. The molecule has 56 heavy (non-hydrogen) atoms. The molecule has 0 heterocycles. The highest BCUT2D eigenvalue weighted by Gasteiger charge is 2.40. The van der Waals surface area contributed by atoms with Gasteiger partial charge in [-0.2, -0.15) is 5.26 Å². The smallest absolute Gasteiger partial charge is 0.305 e. The molecule has 0 saturated heterocycles. The van der Waals surface area contributed by atoms with Crippen LogP contribution >= 0.6 is 11.8 Å². The summed E-state index contributed by atoms with van der Waals surface area (Å²) in [7, 11) is 0. The van der Waals surface area contributed by atoms with Crippen molar-refractivity contribution in [3.8, 4) is 6.07 Å². The fourth-order valence-electron chi connectivity index (χ4n) is 7.91. The fraction of sp³-hybridized carbons (Fsp3) is 0.625. The number of carboxylic acids is 1. The predicted molar refractivity (Wildman–Crippen MR) is 237 cm³/mol. The molecular formula is C48H73N3O4S. The molecule has 2 unspecified atom stereocenters. The van der Waals surface area contributed by atoms with Crippen molar-refractivity contribution in [2.45, 2.75) is 167 Å². The van der Waals surface area contributed by atoms with Crippen molar-refractivity contribution in [3.63, 3.8) is 0 Å². The number of rotatable bonds is 34. The van der Waals surface area contributed by atoms with Crippen LogP contribution in [0.15, 0.2) is 65.3 Å². The third kappa shape index (κ3) is 20.0. The standard InChI is InChI=1S/C48H73N3O4S/c1-3-5-6-7-8-9-10-11-12-13-14-15-16-17-18-22-33-48(43-26-20-19-21-27-43,44-38-42(40-53)28-30-45(44)50-35-24-37-52)34-23-25-41(39-49)29-31-46(56-4-2)51-36-32-47(54)55/h20,23,25-26,28-31,37-38,40,43,50-51H,3-19,21-22,24,27,32-36H2,1-2H3,(H,54,55)/b25-23+,41-29-,46-31-. The first-order chi connectivity index (χ1) is 27.4. The Labute approximate surface area is 344 Å². The number of aliphatic carboxylic acids is 1. The van der Waals surface area contributed by atoms with Crippen LogP contribution in [0.4, 0.5) is 5.69 Å². The van der Waals surface area contributed by atoms with Gasteiger partial charge in [0.2, 0.25) is 0 Å². The van der Waals surface area contributed by atoms with Crippen LogP contribution in [-0.2, 0) is 15.0 Å². The summed E-state index contributed by atoms with van der Waals surface area (Å²) in [5.74, 6) is 0.217. The number of nitrogens with zero attached hydrogens (tertiary/aromatic N) is 1. The maximum Gasteiger partial charge on any atom is 0.305 e. The van der Waals surface area contributed by atoms with Gasteiger partial charge in [0.1, 0.15) is 12.6 Å². The second-order valence-electron chi connectivity index (χ2n) is 15.4. The Balaban J connectivity index is 2.24. The summed E-state index contributed by atoms with van der Waals surface area (Å²) >= 11 is 1.58. The van der Waals surface area contributed by atoms with Gasteiger partial charge in [-0.3, -0.25) is 9.59 Å². The van der Waals surface area contributed by atoms with Crippen molar-refractivity contribution in [3.05, 3.63) is 76.4 Å². The highest BCUT2D eigenvalue weighted by atomic mass is 32.2. The molecule has 7 nitrogen and oxygen atoms in total. The molecule has 0 aromatic heterocycles. The van der Waals surface area contributed by atoms with E-state index in [9.17, 15) is 19.6 Å². The zero-order chi connectivity index (χ0) is 40.5. The zero-order valence-corrected chi connectivity index (χ0v) is 35.7. The molecule has 3 N–H and O–H groups in total. The first kappa shape index (κ1) is 48.6. The lowest BCUT2D eigenvalue weighted by molar-refractivity contribution is -0.136. The Bertz CT molecular complexity index is 1430. The van der Waals surface area contributed by atoms with Crippen molar-refractivity contribution < 1.29 is 19.5 Å². The summed E-state index contributed by atoms with van der Waals surface area (Å²) in [6, 6.07) is 8.24. The summed E-state index contributed by atoms with van der Waals surface area (Å²) in [6.07, 6.45) is 40.6. The van der Waals surface area contributed by atoms with Gasteiger partial charge in [0, 0.05) is 36.2 Å². The molecule has 2 rings (SSSR count). The highest BCUT2D eigenvalue weighted by Crippen LogP contribution is 2.48. The van der Waals surface area contributed by atoms with Crippen molar-refractivity contribution >= 4 is 36.0 Å².